The number of aromatic hydroxyl groups is 2. The lowest BCUT2D eigenvalue weighted by molar-refractivity contribution is -0.384. The number of benzene rings is 3. The van der Waals surface area contributed by atoms with E-state index in [1.807, 2.05) is 6.07 Å². The number of rotatable bonds is 3. The number of phenolic OH excluding ortho intramolecular Hbond substituents is 2. The van der Waals surface area contributed by atoms with Crippen molar-refractivity contribution in [2.75, 3.05) is 5.32 Å². The van der Waals surface area contributed by atoms with Gasteiger partial charge in [0.05, 0.1) is 4.92 Å². The van der Waals surface area contributed by atoms with Crippen molar-refractivity contribution in [1.82, 2.24) is 0 Å². The van der Waals surface area contributed by atoms with Gasteiger partial charge in [-0.1, -0.05) is 42.5 Å². The van der Waals surface area contributed by atoms with Crippen LogP contribution >= 0.6 is 0 Å². The average molecular weight is 296 g/mol. The van der Waals surface area contributed by atoms with Gasteiger partial charge in [-0.25, -0.2) is 0 Å². The van der Waals surface area contributed by atoms with Crippen molar-refractivity contribution in [3.63, 3.8) is 0 Å². The van der Waals surface area contributed by atoms with Gasteiger partial charge < -0.3 is 15.5 Å². The fourth-order valence-electron chi connectivity index (χ4n) is 2.36. The van der Waals surface area contributed by atoms with E-state index in [2.05, 4.69) is 5.32 Å². The van der Waals surface area contributed by atoms with E-state index in [0.29, 0.717) is 16.5 Å². The molecule has 0 aliphatic rings. The minimum absolute atomic E-state index is 0.141. The van der Waals surface area contributed by atoms with Gasteiger partial charge in [0, 0.05) is 16.5 Å². The molecule has 110 valence electrons. The molecule has 0 unspecified atom stereocenters. The second kappa shape index (κ2) is 5.25. The van der Waals surface area contributed by atoms with E-state index in [1.165, 1.54) is 0 Å². The zero-order valence-corrected chi connectivity index (χ0v) is 11.4. The van der Waals surface area contributed by atoms with Crippen LogP contribution in [0.1, 0.15) is 0 Å². The molecule has 0 radical (unpaired) electrons. The molecule has 0 aliphatic heterocycles. The molecule has 0 heterocycles. The Balaban J connectivity index is 2.33. The van der Waals surface area contributed by atoms with Crippen LogP contribution in [0.2, 0.25) is 0 Å². The first-order valence-electron chi connectivity index (χ1n) is 6.52. The number of hydrogen-bond acceptors (Lipinski definition) is 5. The maximum atomic E-state index is 11.3. The smallest absolute Gasteiger partial charge is 0.338 e. The summed E-state index contributed by atoms with van der Waals surface area (Å²) >= 11 is 0. The number of nitrogens with zero attached hydrogens (tertiary/aromatic N) is 1. The molecule has 3 N–H and O–H groups in total. The third-order valence-corrected chi connectivity index (χ3v) is 3.36. The van der Waals surface area contributed by atoms with Crippen LogP contribution in [-0.2, 0) is 0 Å². The summed E-state index contributed by atoms with van der Waals surface area (Å²) in [7, 11) is 0. The van der Waals surface area contributed by atoms with Crippen LogP contribution in [0.4, 0.5) is 17.1 Å². The maximum absolute atomic E-state index is 11.3. The Kier molecular flexibility index (Phi) is 3.27. The first-order valence-corrected chi connectivity index (χ1v) is 6.52. The third-order valence-electron chi connectivity index (χ3n) is 3.36. The summed E-state index contributed by atoms with van der Waals surface area (Å²) in [4.78, 5) is 10.6. The topological polar surface area (TPSA) is 95.6 Å². The Morgan fingerprint density at radius 1 is 0.864 bits per heavy atom. The number of fused-ring (bicyclic) bond motifs is 1. The predicted octanol–water partition coefficient (Wildman–Crippen LogP) is 3.90. The van der Waals surface area contributed by atoms with Crippen molar-refractivity contribution >= 4 is 27.8 Å². The first kappa shape index (κ1) is 13.7. The molecule has 3 rings (SSSR count). The number of phenols is 2. The first-order chi connectivity index (χ1) is 10.6. The maximum Gasteiger partial charge on any atom is 0.338 e. The largest absolute Gasteiger partial charge is 0.504 e. The monoisotopic (exact) mass is 296 g/mol. The van der Waals surface area contributed by atoms with Crippen LogP contribution in [0, 0.1) is 10.1 Å². The molecule has 3 aromatic carbocycles. The van der Waals surface area contributed by atoms with Crippen molar-refractivity contribution < 1.29 is 15.1 Å². The molecule has 0 bridgehead atoms. The van der Waals surface area contributed by atoms with Crippen molar-refractivity contribution in [3.05, 3.63) is 64.7 Å². The van der Waals surface area contributed by atoms with Crippen LogP contribution in [-0.4, -0.2) is 15.1 Å². The molecule has 0 saturated heterocycles. The molecule has 0 amide bonds. The fraction of sp³-hybridized carbons (Fsp3) is 0. The Hall–Kier alpha value is -3.28. The summed E-state index contributed by atoms with van der Waals surface area (Å²) in [6, 6.07) is 15.5. The van der Waals surface area contributed by atoms with Crippen molar-refractivity contribution in [2.45, 2.75) is 0 Å². The normalized spacial score (nSPS) is 10.5. The molecule has 6 nitrogen and oxygen atoms in total. The van der Waals surface area contributed by atoms with Crippen molar-refractivity contribution in [1.29, 1.82) is 0 Å². The van der Waals surface area contributed by atoms with Gasteiger partial charge in [-0.05, 0) is 12.1 Å². The number of nitrogens with one attached hydrogen (secondary N) is 1. The fourth-order valence-corrected chi connectivity index (χ4v) is 2.36. The van der Waals surface area contributed by atoms with Crippen LogP contribution in [0.15, 0.2) is 54.6 Å². The van der Waals surface area contributed by atoms with Gasteiger partial charge in [-0.3, -0.25) is 10.1 Å². The molecule has 0 aliphatic carbocycles. The summed E-state index contributed by atoms with van der Waals surface area (Å²) in [5.74, 6) is -1.25. The number of nitro benzene ring substituents is 1. The highest BCUT2D eigenvalue weighted by atomic mass is 16.6. The number of anilines is 2. The number of para-hydroxylation sites is 1. The highest BCUT2D eigenvalue weighted by Gasteiger charge is 2.27. The molecule has 0 spiro atoms. The lowest BCUT2D eigenvalue weighted by Gasteiger charge is -2.13. The quantitative estimate of drug-likeness (QED) is 0.295. The van der Waals surface area contributed by atoms with Crippen LogP contribution in [0.25, 0.3) is 10.8 Å². The lowest BCUT2D eigenvalue weighted by atomic mass is 10.0. The van der Waals surface area contributed by atoms with E-state index in [-0.39, 0.29) is 5.69 Å². The number of hydrogen-bond donors (Lipinski definition) is 3. The van der Waals surface area contributed by atoms with E-state index in [9.17, 15) is 20.3 Å². The molecular weight excluding hydrogens is 284 g/mol. The van der Waals surface area contributed by atoms with Crippen molar-refractivity contribution in [3.8, 4) is 11.5 Å². The summed E-state index contributed by atoms with van der Waals surface area (Å²) in [6.07, 6.45) is 0. The Bertz CT molecular complexity index is 863. The molecule has 0 aromatic heterocycles. The minimum Gasteiger partial charge on any atom is -0.504 e. The minimum atomic E-state index is -0.748. The summed E-state index contributed by atoms with van der Waals surface area (Å²) in [5.41, 5.74) is 0.225. The van der Waals surface area contributed by atoms with Gasteiger partial charge in [0.2, 0.25) is 5.75 Å². The van der Waals surface area contributed by atoms with E-state index >= 15 is 0 Å². The van der Waals surface area contributed by atoms with E-state index in [1.54, 1.807) is 48.5 Å². The Morgan fingerprint density at radius 3 is 2.09 bits per heavy atom. The standard InChI is InChI=1S/C16H12N2O4/c19-15-12-9-5-4-8-11(12)13(14(16(15)20)18(21)22)17-10-6-2-1-3-7-10/h1-9,17,19-20H. The summed E-state index contributed by atoms with van der Waals surface area (Å²) in [6.45, 7) is 0. The van der Waals surface area contributed by atoms with Crippen molar-refractivity contribution in [2.24, 2.45) is 0 Å². The molecule has 0 saturated carbocycles. The Morgan fingerprint density at radius 2 is 1.45 bits per heavy atom. The number of nitro groups is 1. The molecule has 0 atom stereocenters. The van der Waals surface area contributed by atoms with Gasteiger partial charge in [0.25, 0.3) is 0 Å². The summed E-state index contributed by atoms with van der Waals surface area (Å²) in [5, 5.41) is 35.1. The predicted molar refractivity (Wildman–Crippen MR) is 83.7 cm³/mol. The molecule has 0 fully saturated rings. The van der Waals surface area contributed by atoms with Crippen LogP contribution < -0.4 is 5.32 Å². The zero-order chi connectivity index (χ0) is 15.7. The zero-order valence-electron chi connectivity index (χ0n) is 11.4. The molecule has 3 aromatic rings. The molecular formula is C16H12N2O4. The van der Waals surface area contributed by atoms with Gasteiger partial charge in [0.15, 0.2) is 5.75 Å². The average Bonchev–Trinajstić information content (AvgIpc) is 2.53. The highest BCUT2D eigenvalue weighted by molar-refractivity contribution is 6.06. The van der Waals surface area contributed by atoms with Gasteiger partial charge >= 0.3 is 5.69 Å². The third kappa shape index (κ3) is 2.16. The lowest BCUT2D eigenvalue weighted by Crippen LogP contribution is -1.99. The van der Waals surface area contributed by atoms with Gasteiger partial charge in [-0.2, -0.15) is 0 Å². The van der Waals surface area contributed by atoms with Crippen LogP contribution in [0.3, 0.4) is 0 Å². The molecule has 22 heavy (non-hydrogen) atoms. The molecule has 6 heteroatoms. The highest BCUT2D eigenvalue weighted by Crippen LogP contribution is 2.48. The second-order valence-corrected chi connectivity index (χ2v) is 4.71. The second-order valence-electron chi connectivity index (χ2n) is 4.71. The summed E-state index contributed by atoms with van der Waals surface area (Å²) < 4.78 is 0. The van der Waals surface area contributed by atoms with E-state index in [0.717, 1.165) is 0 Å². The van der Waals surface area contributed by atoms with Gasteiger partial charge in [-0.15, -0.1) is 0 Å². The SMILES string of the molecule is O=[N+]([O-])c1c(O)c(O)c2ccccc2c1Nc1ccccc1. The Labute approximate surface area is 125 Å². The van der Waals surface area contributed by atoms with Crippen LogP contribution in [0.5, 0.6) is 11.5 Å². The van der Waals surface area contributed by atoms with Gasteiger partial charge in [0.1, 0.15) is 5.69 Å². The van der Waals surface area contributed by atoms with E-state index in [4.69, 9.17) is 0 Å². The van der Waals surface area contributed by atoms with E-state index < -0.39 is 22.1 Å².